The lowest BCUT2D eigenvalue weighted by Gasteiger charge is -1.91. The molecule has 74 valence electrons. The Labute approximate surface area is 92.7 Å². The van der Waals surface area contributed by atoms with E-state index in [-0.39, 0.29) is 5.89 Å². The second-order valence-corrected chi connectivity index (χ2v) is 4.59. The number of hydrogen-bond donors (Lipinski definition) is 1. The summed E-state index contributed by atoms with van der Waals surface area (Å²) in [4.78, 5) is 4.96. The van der Waals surface area contributed by atoms with Crippen molar-refractivity contribution in [1.29, 1.82) is 0 Å². The van der Waals surface area contributed by atoms with Crippen LogP contribution in [0, 0.1) is 0 Å². The molecule has 0 aliphatic carbocycles. The van der Waals surface area contributed by atoms with Crippen LogP contribution in [0.2, 0.25) is 0 Å². The van der Waals surface area contributed by atoms with Crippen LogP contribution in [0.15, 0.2) is 20.4 Å². The molecule has 6 heteroatoms. The monoisotopic (exact) mass is 274 g/mol. The van der Waals surface area contributed by atoms with Gasteiger partial charge in [0.1, 0.15) is 6.10 Å². The number of rotatable bonds is 2. The molecule has 0 aromatic carbocycles. The summed E-state index contributed by atoms with van der Waals surface area (Å²) in [6, 6.07) is 1.90. The molecule has 0 saturated carbocycles. The minimum absolute atomic E-state index is 0.240. The standard InChI is InChI=1S/C8H7BrN2O2S/c1-4(12)8-10-7(11-13-8)6-2-5(9)3-14-6/h2-4,12H,1H3. The van der Waals surface area contributed by atoms with Crippen LogP contribution in [0.4, 0.5) is 0 Å². The van der Waals surface area contributed by atoms with Crippen molar-refractivity contribution >= 4 is 27.3 Å². The number of aliphatic hydroxyl groups excluding tert-OH is 1. The van der Waals surface area contributed by atoms with Crippen molar-refractivity contribution in [1.82, 2.24) is 10.1 Å². The lowest BCUT2D eigenvalue weighted by atomic mass is 10.4. The average Bonchev–Trinajstić information content (AvgIpc) is 2.70. The highest BCUT2D eigenvalue weighted by Crippen LogP contribution is 2.28. The highest BCUT2D eigenvalue weighted by molar-refractivity contribution is 9.10. The van der Waals surface area contributed by atoms with E-state index in [0.717, 1.165) is 9.35 Å². The number of aliphatic hydroxyl groups is 1. The Hall–Kier alpha value is -0.720. The molecule has 0 saturated heterocycles. The fraction of sp³-hybridized carbons (Fsp3) is 0.250. The van der Waals surface area contributed by atoms with E-state index in [4.69, 9.17) is 4.52 Å². The second-order valence-electron chi connectivity index (χ2n) is 2.76. The summed E-state index contributed by atoms with van der Waals surface area (Å²) in [7, 11) is 0. The van der Waals surface area contributed by atoms with Crippen LogP contribution < -0.4 is 0 Å². The first-order valence-corrected chi connectivity index (χ1v) is 5.60. The Morgan fingerprint density at radius 1 is 1.64 bits per heavy atom. The summed E-state index contributed by atoms with van der Waals surface area (Å²) in [5.74, 6) is 0.751. The first-order valence-electron chi connectivity index (χ1n) is 3.93. The Kier molecular flexibility index (Phi) is 2.66. The Morgan fingerprint density at radius 3 is 2.93 bits per heavy atom. The zero-order valence-electron chi connectivity index (χ0n) is 7.27. The van der Waals surface area contributed by atoms with Gasteiger partial charge in [-0.25, -0.2) is 0 Å². The van der Waals surface area contributed by atoms with Gasteiger partial charge in [-0.15, -0.1) is 11.3 Å². The van der Waals surface area contributed by atoms with Gasteiger partial charge in [0.15, 0.2) is 0 Å². The Balaban J connectivity index is 2.33. The maximum Gasteiger partial charge on any atom is 0.255 e. The summed E-state index contributed by atoms with van der Waals surface area (Å²) in [5, 5.41) is 14.9. The third kappa shape index (κ3) is 1.87. The molecule has 0 aliphatic heterocycles. The molecule has 2 aromatic heterocycles. The van der Waals surface area contributed by atoms with Crippen molar-refractivity contribution in [2.45, 2.75) is 13.0 Å². The lowest BCUT2D eigenvalue weighted by Crippen LogP contribution is -1.89. The summed E-state index contributed by atoms with van der Waals surface area (Å²) in [6.45, 7) is 1.58. The number of aromatic nitrogens is 2. The van der Waals surface area contributed by atoms with E-state index in [1.807, 2.05) is 11.4 Å². The van der Waals surface area contributed by atoms with Crippen molar-refractivity contribution in [3.63, 3.8) is 0 Å². The third-order valence-electron chi connectivity index (χ3n) is 1.59. The van der Waals surface area contributed by atoms with E-state index in [1.165, 1.54) is 11.3 Å². The third-order valence-corrected chi connectivity index (χ3v) is 3.27. The second kappa shape index (κ2) is 3.80. The average molecular weight is 275 g/mol. The first-order chi connectivity index (χ1) is 6.66. The largest absolute Gasteiger partial charge is 0.384 e. The highest BCUT2D eigenvalue weighted by atomic mass is 79.9. The van der Waals surface area contributed by atoms with Crippen LogP contribution in [-0.2, 0) is 0 Å². The molecule has 2 rings (SSSR count). The molecular weight excluding hydrogens is 268 g/mol. The maximum atomic E-state index is 9.19. The predicted octanol–water partition coefficient (Wildman–Crippen LogP) is 2.61. The highest BCUT2D eigenvalue weighted by Gasteiger charge is 2.13. The topological polar surface area (TPSA) is 59.2 Å². The predicted molar refractivity (Wildman–Crippen MR) is 55.9 cm³/mol. The number of thiophene rings is 1. The molecule has 1 N–H and O–H groups in total. The smallest absolute Gasteiger partial charge is 0.255 e. The fourth-order valence-corrected chi connectivity index (χ4v) is 2.29. The van der Waals surface area contributed by atoms with Crippen LogP contribution in [0.5, 0.6) is 0 Å². The minimum Gasteiger partial charge on any atom is -0.384 e. The van der Waals surface area contributed by atoms with E-state index < -0.39 is 6.10 Å². The van der Waals surface area contributed by atoms with E-state index in [9.17, 15) is 5.11 Å². The zero-order chi connectivity index (χ0) is 10.1. The SMILES string of the molecule is CC(O)c1nc(-c2cc(Br)cs2)no1. The zero-order valence-corrected chi connectivity index (χ0v) is 9.67. The van der Waals surface area contributed by atoms with Crippen molar-refractivity contribution in [2.24, 2.45) is 0 Å². The van der Waals surface area contributed by atoms with Crippen molar-refractivity contribution < 1.29 is 9.63 Å². The summed E-state index contributed by atoms with van der Waals surface area (Å²) < 4.78 is 5.86. The number of nitrogens with zero attached hydrogens (tertiary/aromatic N) is 2. The molecule has 2 heterocycles. The molecule has 0 radical (unpaired) electrons. The van der Waals surface area contributed by atoms with Crippen LogP contribution in [0.25, 0.3) is 10.7 Å². The quantitative estimate of drug-likeness (QED) is 0.915. The molecule has 0 fully saturated rings. The van der Waals surface area contributed by atoms with Crippen LogP contribution in [0.1, 0.15) is 18.9 Å². The van der Waals surface area contributed by atoms with E-state index >= 15 is 0 Å². The molecule has 0 amide bonds. The molecule has 0 aliphatic rings. The Morgan fingerprint density at radius 2 is 2.43 bits per heavy atom. The first kappa shape index (κ1) is 9.82. The van der Waals surface area contributed by atoms with Gasteiger partial charge in [0, 0.05) is 9.85 Å². The van der Waals surface area contributed by atoms with Gasteiger partial charge in [-0.1, -0.05) is 5.16 Å². The summed E-state index contributed by atoms with van der Waals surface area (Å²) >= 11 is 4.85. The van der Waals surface area contributed by atoms with Gasteiger partial charge < -0.3 is 9.63 Å². The van der Waals surface area contributed by atoms with Gasteiger partial charge >= 0.3 is 0 Å². The van der Waals surface area contributed by atoms with Crippen molar-refractivity contribution in [2.75, 3.05) is 0 Å². The van der Waals surface area contributed by atoms with Gasteiger partial charge in [-0.2, -0.15) is 4.98 Å². The van der Waals surface area contributed by atoms with E-state index in [1.54, 1.807) is 6.92 Å². The molecule has 4 nitrogen and oxygen atoms in total. The van der Waals surface area contributed by atoms with Gasteiger partial charge in [0.25, 0.3) is 5.89 Å². The number of hydrogen-bond acceptors (Lipinski definition) is 5. The van der Waals surface area contributed by atoms with Gasteiger partial charge in [-0.3, -0.25) is 0 Å². The maximum absolute atomic E-state index is 9.19. The van der Waals surface area contributed by atoms with Crippen LogP contribution in [-0.4, -0.2) is 15.2 Å². The van der Waals surface area contributed by atoms with Crippen molar-refractivity contribution in [3.05, 3.63) is 21.8 Å². The Bertz CT molecular complexity index is 438. The van der Waals surface area contributed by atoms with Gasteiger partial charge in [0.05, 0.1) is 4.88 Å². The van der Waals surface area contributed by atoms with Crippen LogP contribution in [0.3, 0.4) is 0 Å². The van der Waals surface area contributed by atoms with Gasteiger partial charge in [-0.05, 0) is 28.9 Å². The molecule has 1 unspecified atom stereocenters. The number of halogens is 1. The normalized spacial score (nSPS) is 13.1. The molecule has 0 spiro atoms. The summed E-state index contributed by atoms with van der Waals surface area (Å²) in [5.41, 5.74) is 0. The molecule has 0 bridgehead atoms. The van der Waals surface area contributed by atoms with Crippen molar-refractivity contribution in [3.8, 4) is 10.7 Å². The van der Waals surface area contributed by atoms with E-state index in [2.05, 4.69) is 26.1 Å². The molecule has 2 aromatic rings. The summed E-state index contributed by atoms with van der Waals surface area (Å²) in [6.07, 6.45) is -0.723. The van der Waals surface area contributed by atoms with Gasteiger partial charge in [0.2, 0.25) is 5.82 Å². The molecule has 14 heavy (non-hydrogen) atoms. The molecular formula is C8H7BrN2O2S. The lowest BCUT2D eigenvalue weighted by molar-refractivity contribution is 0.152. The van der Waals surface area contributed by atoms with Crippen LogP contribution >= 0.6 is 27.3 Å². The fourth-order valence-electron chi connectivity index (χ4n) is 0.935. The molecule has 1 atom stereocenters. The van der Waals surface area contributed by atoms with E-state index in [0.29, 0.717) is 5.82 Å². The minimum atomic E-state index is -0.723.